The summed E-state index contributed by atoms with van der Waals surface area (Å²) < 4.78 is 0. The minimum absolute atomic E-state index is 0.234. The van der Waals surface area contributed by atoms with Gasteiger partial charge in [-0.15, -0.1) is 0 Å². The van der Waals surface area contributed by atoms with Crippen LogP contribution in [0.5, 0.6) is 0 Å². The van der Waals surface area contributed by atoms with Gasteiger partial charge in [0, 0.05) is 0 Å². The third-order valence-corrected chi connectivity index (χ3v) is 4.76. The van der Waals surface area contributed by atoms with Crippen molar-refractivity contribution in [3.63, 3.8) is 0 Å². The molecular formula is C17H21NO3. The number of aliphatic hydroxyl groups excluding tert-OH is 1. The average Bonchev–Trinajstić information content (AvgIpc) is 2.60. The molecule has 1 saturated carbocycles. The Kier molecular flexibility index (Phi) is 3.57. The minimum Gasteiger partial charge on any atom is -0.391 e. The quantitative estimate of drug-likeness (QED) is 0.638. The zero-order valence-corrected chi connectivity index (χ0v) is 12.6. The van der Waals surface area contributed by atoms with Gasteiger partial charge in [-0.2, -0.15) is 0 Å². The molecule has 0 saturated heterocycles. The molecule has 0 radical (unpaired) electrons. The summed E-state index contributed by atoms with van der Waals surface area (Å²) in [5.41, 5.74) is 2.71. The van der Waals surface area contributed by atoms with E-state index in [4.69, 9.17) is 0 Å². The highest BCUT2D eigenvalue weighted by molar-refractivity contribution is 6.22. The maximum absolute atomic E-state index is 12.7. The number of aryl methyl sites for hydroxylation is 2. The molecule has 1 fully saturated rings. The summed E-state index contributed by atoms with van der Waals surface area (Å²) in [6, 6.07) is 3.39. The van der Waals surface area contributed by atoms with Gasteiger partial charge in [-0.25, -0.2) is 0 Å². The number of hydrogen-bond donors (Lipinski definition) is 1. The van der Waals surface area contributed by atoms with Gasteiger partial charge in [0.25, 0.3) is 11.8 Å². The van der Waals surface area contributed by atoms with Crippen molar-refractivity contribution in [1.82, 2.24) is 4.90 Å². The molecule has 4 nitrogen and oxygen atoms in total. The number of fused-ring (bicyclic) bond motifs is 1. The van der Waals surface area contributed by atoms with Crippen LogP contribution < -0.4 is 0 Å². The van der Waals surface area contributed by atoms with Gasteiger partial charge in [0.1, 0.15) is 0 Å². The second kappa shape index (κ2) is 5.26. The molecule has 2 aliphatic rings. The van der Waals surface area contributed by atoms with E-state index in [1.165, 1.54) is 4.90 Å². The fourth-order valence-electron chi connectivity index (χ4n) is 3.57. The molecule has 3 rings (SSSR count). The number of carbonyl (C=O) groups is 2. The van der Waals surface area contributed by atoms with E-state index in [1.807, 2.05) is 26.0 Å². The zero-order valence-electron chi connectivity index (χ0n) is 12.6. The van der Waals surface area contributed by atoms with Crippen LogP contribution in [0, 0.1) is 13.8 Å². The summed E-state index contributed by atoms with van der Waals surface area (Å²) in [6.45, 7) is 3.72. The van der Waals surface area contributed by atoms with Crippen LogP contribution in [0.2, 0.25) is 0 Å². The molecule has 0 aromatic heterocycles. The first-order chi connectivity index (χ1) is 10.0. The highest BCUT2D eigenvalue weighted by Gasteiger charge is 2.44. The van der Waals surface area contributed by atoms with Gasteiger partial charge >= 0.3 is 0 Å². The number of nitrogens with zero attached hydrogens (tertiary/aromatic N) is 1. The van der Waals surface area contributed by atoms with Crippen LogP contribution in [-0.4, -0.2) is 34.0 Å². The van der Waals surface area contributed by atoms with Gasteiger partial charge in [-0.1, -0.05) is 31.4 Å². The number of carbonyl (C=O) groups excluding carboxylic acids is 2. The third kappa shape index (κ3) is 2.18. The van der Waals surface area contributed by atoms with Crippen molar-refractivity contribution < 1.29 is 14.7 Å². The number of amides is 2. The van der Waals surface area contributed by atoms with Gasteiger partial charge in [-0.3, -0.25) is 14.5 Å². The van der Waals surface area contributed by atoms with Crippen LogP contribution in [0.1, 0.15) is 63.9 Å². The topological polar surface area (TPSA) is 57.6 Å². The summed E-state index contributed by atoms with van der Waals surface area (Å²) in [6.07, 6.45) is 3.72. The zero-order chi connectivity index (χ0) is 15.1. The lowest BCUT2D eigenvalue weighted by molar-refractivity contribution is 0.0320. The van der Waals surface area contributed by atoms with Crippen LogP contribution in [-0.2, 0) is 0 Å². The van der Waals surface area contributed by atoms with Gasteiger partial charge in [0.05, 0.1) is 23.3 Å². The maximum Gasteiger partial charge on any atom is 0.262 e. The molecule has 2 amide bonds. The molecular weight excluding hydrogens is 266 g/mol. The Balaban J connectivity index is 2.03. The predicted octanol–water partition coefficient (Wildman–Crippen LogP) is 2.59. The number of imide groups is 1. The second-order valence-electron chi connectivity index (χ2n) is 6.20. The Morgan fingerprint density at radius 2 is 1.48 bits per heavy atom. The van der Waals surface area contributed by atoms with Crippen molar-refractivity contribution >= 4 is 11.8 Å². The maximum atomic E-state index is 12.7. The summed E-state index contributed by atoms with van der Waals surface area (Å²) in [7, 11) is 0. The van der Waals surface area contributed by atoms with Gasteiger partial charge in [0.2, 0.25) is 0 Å². The van der Waals surface area contributed by atoms with E-state index in [2.05, 4.69) is 0 Å². The standard InChI is InChI=1S/C17H21NO3/c1-10-8-9-11(2)15-14(10)16(20)18(17(15)21)12-6-4-3-5-7-13(12)19/h8-9,12-13,19H,3-7H2,1-2H3. The molecule has 2 unspecified atom stereocenters. The fraction of sp³-hybridized carbons (Fsp3) is 0.529. The molecule has 112 valence electrons. The van der Waals surface area contributed by atoms with Gasteiger partial charge in [-0.05, 0) is 37.8 Å². The molecule has 0 spiro atoms. The lowest BCUT2D eigenvalue weighted by Gasteiger charge is -2.28. The average molecular weight is 287 g/mol. The van der Waals surface area contributed by atoms with Crippen LogP contribution in [0.15, 0.2) is 12.1 Å². The molecule has 1 N–H and O–H groups in total. The first kappa shape index (κ1) is 14.3. The normalized spacial score (nSPS) is 26.0. The SMILES string of the molecule is Cc1ccc(C)c2c1C(=O)N(C1CCCCCC1O)C2=O. The number of hydrogen-bond acceptors (Lipinski definition) is 3. The van der Waals surface area contributed by atoms with E-state index in [9.17, 15) is 14.7 Å². The smallest absolute Gasteiger partial charge is 0.262 e. The van der Waals surface area contributed by atoms with E-state index >= 15 is 0 Å². The molecule has 4 heteroatoms. The Hall–Kier alpha value is -1.68. The Bertz CT molecular complexity index is 567. The molecule has 1 heterocycles. The first-order valence-corrected chi connectivity index (χ1v) is 7.68. The summed E-state index contributed by atoms with van der Waals surface area (Å²) in [5, 5.41) is 10.3. The first-order valence-electron chi connectivity index (χ1n) is 7.68. The monoisotopic (exact) mass is 287 g/mol. The van der Waals surface area contributed by atoms with Crippen molar-refractivity contribution in [3.05, 3.63) is 34.4 Å². The fourth-order valence-corrected chi connectivity index (χ4v) is 3.57. The lowest BCUT2D eigenvalue weighted by Crippen LogP contribution is -2.46. The van der Waals surface area contributed by atoms with Gasteiger partial charge in [0.15, 0.2) is 0 Å². The predicted molar refractivity (Wildman–Crippen MR) is 79.3 cm³/mol. The van der Waals surface area contributed by atoms with E-state index < -0.39 is 6.10 Å². The molecule has 1 aromatic rings. The van der Waals surface area contributed by atoms with E-state index in [-0.39, 0.29) is 17.9 Å². The van der Waals surface area contributed by atoms with Crippen molar-refractivity contribution in [2.75, 3.05) is 0 Å². The Morgan fingerprint density at radius 1 is 0.952 bits per heavy atom. The van der Waals surface area contributed by atoms with Crippen LogP contribution >= 0.6 is 0 Å². The largest absolute Gasteiger partial charge is 0.391 e. The minimum atomic E-state index is -0.602. The lowest BCUT2D eigenvalue weighted by atomic mass is 9.99. The van der Waals surface area contributed by atoms with Crippen molar-refractivity contribution in [1.29, 1.82) is 0 Å². The highest BCUT2D eigenvalue weighted by Crippen LogP contribution is 2.33. The van der Waals surface area contributed by atoms with E-state index in [0.29, 0.717) is 24.0 Å². The number of benzene rings is 1. The Labute approximate surface area is 124 Å². The van der Waals surface area contributed by atoms with Crippen molar-refractivity contribution in [2.45, 2.75) is 58.1 Å². The Morgan fingerprint density at radius 3 is 2.05 bits per heavy atom. The van der Waals surface area contributed by atoms with E-state index in [0.717, 1.165) is 30.4 Å². The van der Waals surface area contributed by atoms with Crippen LogP contribution in [0.25, 0.3) is 0 Å². The van der Waals surface area contributed by atoms with Crippen molar-refractivity contribution in [2.24, 2.45) is 0 Å². The number of aliphatic hydroxyl groups is 1. The molecule has 1 aliphatic heterocycles. The molecule has 21 heavy (non-hydrogen) atoms. The third-order valence-electron chi connectivity index (χ3n) is 4.76. The highest BCUT2D eigenvalue weighted by atomic mass is 16.3. The second-order valence-corrected chi connectivity index (χ2v) is 6.20. The molecule has 2 atom stereocenters. The molecule has 0 bridgehead atoms. The summed E-state index contributed by atoms with van der Waals surface area (Å²) >= 11 is 0. The van der Waals surface area contributed by atoms with E-state index in [1.54, 1.807) is 0 Å². The summed E-state index contributed by atoms with van der Waals surface area (Å²) in [4.78, 5) is 26.8. The number of rotatable bonds is 1. The van der Waals surface area contributed by atoms with Crippen LogP contribution in [0.3, 0.4) is 0 Å². The van der Waals surface area contributed by atoms with Crippen molar-refractivity contribution in [3.8, 4) is 0 Å². The molecule has 1 aliphatic carbocycles. The van der Waals surface area contributed by atoms with Gasteiger partial charge < -0.3 is 5.11 Å². The summed E-state index contributed by atoms with van der Waals surface area (Å²) in [5.74, 6) is -0.468. The molecule has 1 aromatic carbocycles. The van der Waals surface area contributed by atoms with Crippen LogP contribution in [0.4, 0.5) is 0 Å².